The van der Waals surface area contributed by atoms with Crippen molar-refractivity contribution in [2.45, 2.75) is 64.3 Å². The standard InChI is InChI=1S/C29H41N3O5S/c1-5-6-7-11-27(33)30-28-18-22-21(9-8-10-26(22)38-28)29(34)32-14-12-31(13-15-32)19-23-24(36-3)16-20(35-2)17-25(23)37-4/h16-18,21H,5-15,19H2,1-4H3,(H,30,33). The lowest BCUT2D eigenvalue weighted by Gasteiger charge is -2.37. The number of unbranched alkanes of at least 4 members (excludes halogenated alkanes) is 2. The second kappa shape index (κ2) is 13.3. The molecule has 0 radical (unpaired) electrons. The van der Waals surface area contributed by atoms with Gasteiger partial charge >= 0.3 is 0 Å². The van der Waals surface area contributed by atoms with Crippen LogP contribution in [-0.4, -0.2) is 69.1 Å². The molecule has 2 aliphatic rings. The van der Waals surface area contributed by atoms with Gasteiger partial charge in [-0.15, -0.1) is 11.3 Å². The summed E-state index contributed by atoms with van der Waals surface area (Å²) in [7, 11) is 4.93. The van der Waals surface area contributed by atoms with Crippen molar-refractivity contribution in [3.05, 3.63) is 34.2 Å². The monoisotopic (exact) mass is 543 g/mol. The summed E-state index contributed by atoms with van der Waals surface area (Å²) >= 11 is 1.64. The molecule has 1 aromatic carbocycles. The van der Waals surface area contributed by atoms with Gasteiger partial charge in [0.15, 0.2) is 0 Å². The number of rotatable bonds is 11. The molecule has 1 atom stereocenters. The number of methoxy groups -OCH3 is 3. The number of thiophene rings is 1. The topological polar surface area (TPSA) is 80.3 Å². The number of ether oxygens (including phenoxy) is 3. The van der Waals surface area contributed by atoms with Crippen molar-refractivity contribution in [2.24, 2.45) is 0 Å². The molecule has 1 aliphatic carbocycles. The van der Waals surface area contributed by atoms with Crippen LogP contribution in [0.3, 0.4) is 0 Å². The lowest BCUT2D eigenvalue weighted by molar-refractivity contribution is -0.135. The minimum atomic E-state index is -0.117. The van der Waals surface area contributed by atoms with E-state index in [9.17, 15) is 9.59 Å². The summed E-state index contributed by atoms with van der Waals surface area (Å²) in [6.07, 6.45) is 6.49. The zero-order valence-electron chi connectivity index (χ0n) is 23.1. The van der Waals surface area contributed by atoms with Crippen molar-refractivity contribution in [3.63, 3.8) is 0 Å². The highest BCUT2D eigenvalue weighted by atomic mass is 32.1. The second-order valence-electron chi connectivity index (χ2n) is 10.1. The summed E-state index contributed by atoms with van der Waals surface area (Å²) in [6, 6.07) is 5.81. The minimum absolute atomic E-state index is 0.0705. The van der Waals surface area contributed by atoms with Crippen LogP contribution in [0.1, 0.15) is 67.4 Å². The summed E-state index contributed by atoms with van der Waals surface area (Å²) in [6.45, 7) is 5.77. The van der Waals surface area contributed by atoms with Crippen LogP contribution in [0.4, 0.5) is 5.00 Å². The van der Waals surface area contributed by atoms with E-state index in [2.05, 4.69) is 23.2 Å². The molecular formula is C29H41N3O5S. The number of fused-ring (bicyclic) bond motifs is 1. The number of carbonyl (C=O) groups excluding carboxylic acids is 2. The van der Waals surface area contributed by atoms with Gasteiger partial charge < -0.3 is 24.4 Å². The van der Waals surface area contributed by atoms with Crippen LogP contribution in [0.2, 0.25) is 0 Å². The van der Waals surface area contributed by atoms with E-state index in [0.29, 0.717) is 31.8 Å². The van der Waals surface area contributed by atoms with Gasteiger partial charge in [-0.1, -0.05) is 19.8 Å². The third kappa shape index (κ3) is 6.61. The number of amides is 2. The minimum Gasteiger partial charge on any atom is -0.496 e. The van der Waals surface area contributed by atoms with Crippen LogP contribution in [0.5, 0.6) is 17.2 Å². The Morgan fingerprint density at radius 3 is 2.34 bits per heavy atom. The van der Waals surface area contributed by atoms with Gasteiger partial charge in [-0.05, 0) is 37.3 Å². The smallest absolute Gasteiger partial charge is 0.230 e. The maximum atomic E-state index is 13.6. The van der Waals surface area contributed by atoms with Gasteiger partial charge in [-0.25, -0.2) is 0 Å². The molecule has 1 unspecified atom stereocenters. The van der Waals surface area contributed by atoms with E-state index in [1.54, 1.807) is 32.7 Å². The number of hydrogen-bond donors (Lipinski definition) is 1. The van der Waals surface area contributed by atoms with Crippen molar-refractivity contribution in [1.29, 1.82) is 0 Å². The Morgan fingerprint density at radius 2 is 1.71 bits per heavy atom. The van der Waals surface area contributed by atoms with Crippen LogP contribution in [-0.2, 0) is 22.6 Å². The van der Waals surface area contributed by atoms with Crippen LogP contribution in [0.25, 0.3) is 0 Å². The van der Waals surface area contributed by atoms with Crippen LogP contribution in [0.15, 0.2) is 18.2 Å². The van der Waals surface area contributed by atoms with Gasteiger partial charge in [0.05, 0.1) is 37.8 Å². The van der Waals surface area contributed by atoms with Crippen molar-refractivity contribution in [3.8, 4) is 17.2 Å². The summed E-state index contributed by atoms with van der Waals surface area (Å²) in [5.41, 5.74) is 2.10. The predicted octanol–water partition coefficient (Wildman–Crippen LogP) is 5.06. The molecule has 208 valence electrons. The first-order valence-electron chi connectivity index (χ1n) is 13.7. The summed E-state index contributed by atoms with van der Waals surface area (Å²) < 4.78 is 16.6. The maximum Gasteiger partial charge on any atom is 0.230 e. The number of aryl methyl sites for hydroxylation is 1. The number of nitrogens with one attached hydrogen (secondary N) is 1. The Hall–Kier alpha value is -2.78. The zero-order valence-corrected chi connectivity index (χ0v) is 24.0. The first-order chi connectivity index (χ1) is 18.5. The molecule has 1 aliphatic heterocycles. The van der Waals surface area contributed by atoms with Gasteiger partial charge in [0.1, 0.15) is 17.2 Å². The fourth-order valence-electron chi connectivity index (χ4n) is 5.41. The molecule has 38 heavy (non-hydrogen) atoms. The van der Waals surface area contributed by atoms with E-state index in [4.69, 9.17) is 14.2 Å². The van der Waals surface area contributed by atoms with Crippen LogP contribution >= 0.6 is 11.3 Å². The van der Waals surface area contributed by atoms with Crippen LogP contribution in [0, 0.1) is 0 Å². The average molecular weight is 544 g/mol. The van der Waals surface area contributed by atoms with Gasteiger partial charge in [0.25, 0.3) is 0 Å². The normalized spacial score (nSPS) is 17.6. The van der Waals surface area contributed by atoms with Crippen molar-refractivity contribution >= 4 is 28.2 Å². The summed E-state index contributed by atoms with van der Waals surface area (Å²) in [4.78, 5) is 31.6. The lowest BCUT2D eigenvalue weighted by Crippen LogP contribution is -2.49. The summed E-state index contributed by atoms with van der Waals surface area (Å²) in [5, 5.41) is 3.95. The quantitative estimate of drug-likeness (QED) is 0.399. The van der Waals surface area contributed by atoms with Gasteiger partial charge in [-0.2, -0.15) is 0 Å². The summed E-state index contributed by atoms with van der Waals surface area (Å²) in [5.74, 6) is 2.33. The third-order valence-electron chi connectivity index (χ3n) is 7.56. The Bertz CT molecular complexity index is 1080. The number of carbonyl (C=O) groups is 2. The number of anilines is 1. The van der Waals surface area contributed by atoms with E-state index in [-0.39, 0.29) is 17.7 Å². The fourth-order valence-corrected chi connectivity index (χ4v) is 6.59. The SMILES string of the molecule is CCCCCC(=O)Nc1cc2c(s1)CCCC2C(=O)N1CCN(Cc2c(OC)cc(OC)cc2OC)CC1. The average Bonchev–Trinajstić information content (AvgIpc) is 3.35. The number of benzene rings is 1. The number of hydrogen-bond acceptors (Lipinski definition) is 7. The van der Waals surface area contributed by atoms with Crippen molar-refractivity contribution in [2.75, 3.05) is 52.8 Å². The molecule has 8 nitrogen and oxygen atoms in total. The molecule has 2 aromatic rings. The number of nitrogens with zero attached hydrogens (tertiary/aromatic N) is 2. The van der Waals surface area contributed by atoms with Crippen LogP contribution < -0.4 is 19.5 Å². The number of piperazine rings is 1. The fraction of sp³-hybridized carbons (Fsp3) is 0.586. The highest BCUT2D eigenvalue weighted by molar-refractivity contribution is 7.16. The molecule has 1 fully saturated rings. The molecule has 1 saturated heterocycles. The van der Waals surface area contributed by atoms with Gasteiger partial charge in [0, 0.05) is 56.2 Å². The van der Waals surface area contributed by atoms with Gasteiger partial charge in [0.2, 0.25) is 11.8 Å². The Balaban J connectivity index is 1.37. The highest BCUT2D eigenvalue weighted by Gasteiger charge is 2.33. The molecule has 4 rings (SSSR count). The molecule has 0 bridgehead atoms. The highest BCUT2D eigenvalue weighted by Crippen LogP contribution is 2.41. The second-order valence-corrected chi connectivity index (χ2v) is 11.2. The Kier molecular flexibility index (Phi) is 9.91. The van der Waals surface area contributed by atoms with E-state index in [1.807, 2.05) is 17.0 Å². The Morgan fingerprint density at radius 1 is 1.00 bits per heavy atom. The molecule has 0 saturated carbocycles. The van der Waals surface area contributed by atoms with E-state index < -0.39 is 0 Å². The maximum absolute atomic E-state index is 13.6. The zero-order chi connectivity index (χ0) is 27.1. The molecule has 2 amide bonds. The van der Waals surface area contributed by atoms with E-state index in [1.165, 1.54) is 4.88 Å². The van der Waals surface area contributed by atoms with Gasteiger partial charge in [-0.3, -0.25) is 14.5 Å². The largest absolute Gasteiger partial charge is 0.496 e. The first kappa shape index (κ1) is 28.2. The van der Waals surface area contributed by atoms with Crippen molar-refractivity contribution < 1.29 is 23.8 Å². The Labute approximate surface area is 230 Å². The molecule has 9 heteroatoms. The first-order valence-corrected chi connectivity index (χ1v) is 14.5. The third-order valence-corrected chi connectivity index (χ3v) is 8.69. The molecular weight excluding hydrogens is 502 g/mol. The predicted molar refractivity (Wildman–Crippen MR) is 151 cm³/mol. The lowest BCUT2D eigenvalue weighted by atomic mass is 9.86. The molecule has 2 heterocycles. The molecule has 1 N–H and O–H groups in total. The van der Waals surface area contributed by atoms with Crippen molar-refractivity contribution in [1.82, 2.24) is 9.80 Å². The van der Waals surface area contributed by atoms with E-state index in [0.717, 1.165) is 79.2 Å². The van der Waals surface area contributed by atoms with E-state index >= 15 is 0 Å². The molecule has 1 aromatic heterocycles. The molecule has 0 spiro atoms.